The lowest BCUT2D eigenvalue weighted by molar-refractivity contribution is -0.116. The topological polar surface area (TPSA) is 88.2 Å². The fourth-order valence-corrected chi connectivity index (χ4v) is 2.23. The molecule has 0 atom stereocenters. The first-order valence-corrected chi connectivity index (χ1v) is 9.05. The van der Waals surface area contributed by atoms with Crippen LogP contribution in [0.1, 0.15) is 48.5 Å². The maximum atomic E-state index is 12.6. The Hall–Kier alpha value is -2.48. The Bertz CT molecular complexity index is 753. The van der Waals surface area contributed by atoms with E-state index in [-0.39, 0.29) is 16.6 Å². The van der Waals surface area contributed by atoms with Crippen LogP contribution in [-0.2, 0) is 14.3 Å². The number of carbonyl (C=O) groups excluding carboxylic acids is 3. The van der Waals surface area contributed by atoms with Gasteiger partial charge in [0, 0.05) is 19.7 Å². The molecule has 1 N–H and O–H groups in total. The monoisotopic (exact) mass is 413 g/mol. The summed E-state index contributed by atoms with van der Waals surface area (Å²) < 4.78 is 10.6. The van der Waals surface area contributed by atoms with Crippen LogP contribution in [0.3, 0.4) is 0 Å². The summed E-state index contributed by atoms with van der Waals surface area (Å²) in [4.78, 5) is 37.8. The summed E-state index contributed by atoms with van der Waals surface area (Å²) in [6.45, 7) is 11.6. The standard InChI is InChI=1S/C19H28ClN3O5/c1-12(24)22(8)13-9-10-15(14(20)11-13)23(17(26)28-19(5,6)7)21-16(25)27-18(2,3)4/h9-11H,1-8H3,(H,21,25). The molecule has 9 heteroatoms. The van der Waals surface area contributed by atoms with Crippen molar-refractivity contribution in [3.05, 3.63) is 23.2 Å². The van der Waals surface area contributed by atoms with E-state index >= 15 is 0 Å². The smallest absolute Gasteiger partial charge is 0.434 e. The van der Waals surface area contributed by atoms with Crippen molar-refractivity contribution in [1.82, 2.24) is 5.43 Å². The van der Waals surface area contributed by atoms with Crippen molar-refractivity contribution in [3.63, 3.8) is 0 Å². The summed E-state index contributed by atoms with van der Waals surface area (Å²) in [5.41, 5.74) is 1.49. The molecule has 0 aliphatic carbocycles. The van der Waals surface area contributed by atoms with Crippen LogP contribution < -0.4 is 15.3 Å². The third-order valence-corrected chi connectivity index (χ3v) is 3.51. The van der Waals surface area contributed by atoms with Gasteiger partial charge in [0.15, 0.2) is 0 Å². The molecule has 0 aliphatic rings. The van der Waals surface area contributed by atoms with Crippen LogP contribution in [0, 0.1) is 0 Å². The van der Waals surface area contributed by atoms with Crippen LogP contribution in [0.5, 0.6) is 0 Å². The molecule has 28 heavy (non-hydrogen) atoms. The normalized spacial score (nSPS) is 11.5. The van der Waals surface area contributed by atoms with Crippen LogP contribution in [-0.4, -0.2) is 36.3 Å². The maximum absolute atomic E-state index is 12.6. The summed E-state index contributed by atoms with van der Waals surface area (Å²) in [6, 6.07) is 4.60. The lowest BCUT2D eigenvalue weighted by Gasteiger charge is -2.29. The van der Waals surface area contributed by atoms with E-state index in [4.69, 9.17) is 21.1 Å². The number of amides is 3. The van der Waals surface area contributed by atoms with Crippen molar-refractivity contribution in [2.75, 3.05) is 17.0 Å². The number of ether oxygens (including phenoxy) is 2. The van der Waals surface area contributed by atoms with Gasteiger partial charge in [-0.25, -0.2) is 15.0 Å². The highest BCUT2D eigenvalue weighted by Gasteiger charge is 2.29. The van der Waals surface area contributed by atoms with Crippen molar-refractivity contribution in [3.8, 4) is 0 Å². The second-order valence-corrected chi connectivity index (χ2v) is 8.55. The SMILES string of the molecule is CC(=O)N(C)c1ccc(N(NC(=O)OC(C)(C)C)C(=O)OC(C)(C)C)c(Cl)c1. The average molecular weight is 414 g/mol. The Labute approximate surface area is 170 Å². The zero-order chi connectivity index (χ0) is 21.9. The van der Waals surface area contributed by atoms with E-state index < -0.39 is 23.4 Å². The van der Waals surface area contributed by atoms with Gasteiger partial charge in [-0.2, -0.15) is 5.01 Å². The largest absolute Gasteiger partial charge is 0.443 e. The Morgan fingerprint density at radius 2 is 1.54 bits per heavy atom. The number of benzene rings is 1. The number of hydrazine groups is 1. The lowest BCUT2D eigenvalue weighted by atomic mass is 10.2. The first-order chi connectivity index (χ1) is 12.6. The molecule has 1 aromatic rings. The highest BCUT2D eigenvalue weighted by molar-refractivity contribution is 6.34. The molecule has 0 spiro atoms. The zero-order valence-electron chi connectivity index (χ0n) is 17.5. The van der Waals surface area contributed by atoms with E-state index in [0.29, 0.717) is 5.69 Å². The molecule has 1 rings (SSSR count). The Morgan fingerprint density at radius 1 is 1.00 bits per heavy atom. The number of nitrogens with zero attached hydrogens (tertiary/aromatic N) is 2. The molecule has 0 fully saturated rings. The van der Waals surface area contributed by atoms with Crippen LogP contribution in [0.25, 0.3) is 0 Å². The summed E-state index contributed by atoms with van der Waals surface area (Å²) in [5.74, 6) is -0.181. The molecular weight excluding hydrogens is 386 g/mol. The molecule has 0 aliphatic heterocycles. The number of nitrogens with one attached hydrogen (secondary N) is 1. The predicted molar refractivity (Wildman–Crippen MR) is 109 cm³/mol. The lowest BCUT2D eigenvalue weighted by Crippen LogP contribution is -2.50. The van der Waals surface area contributed by atoms with Gasteiger partial charge in [-0.15, -0.1) is 0 Å². The zero-order valence-corrected chi connectivity index (χ0v) is 18.3. The Morgan fingerprint density at radius 3 is 1.96 bits per heavy atom. The number of halogens is 1. The second-order valence-electron chi connectivity index (χ2n) is 8.14. The highest BCUT2D eigenvalue weighted by atomic mass is 35.5. The average Bonchev–Trinajstić information content (AvgIpc) is 2.48. The number of anilines is 2. The van der Waals surface area contributed by atoms with Crippen molar-refractivity contribution < 1.29 is 23.9 Å². The fourth-order valence-electron chi connectivity index (χ4n) is 1.97. The predicted octanol–water partition coefficient (Wildman–Crippen LogP) is 4.50. The van der Waals surface area contributed by atoms with Crippen LogP contribution in [0.4, 0.5) is 21.0 Å². The van der Waals surface area contributed by atoms with E-state index in [1.54, 1.807) is 54.7 Å². The van der Waals surface area contributed by atoms with Crippen LogP contribution in [0.15, 0.2) is 18.2 Å². The minimum Gasteiger partial charge on any atom is -0.443 e. The van der Waals surface area contributed by atoms with E-state index in [0.717, 1.165) is 5.01 Å². The molecule has 0 saturated heterocycles. The van der Waals surface area contributed by atoms with Gasteiger partial charge in [0.25, 0.3) is 0 Å². The van der Waals surface area contributed by atoms with Crippen molar-refractivity contribution >= 4 is 41.1 Å². The highest BCUT2D eigenvalue weighted by Crippen LogP contribution is 2.30. The van der Waals surface area contributed by atoms with Gasteiger partial charge in [-0.05, 0) is 59.7 Å². The molecular formula is C19H28ClN3O5. The maximum Gasteiger partial charge on any atom is 0.434 e. The first-order valence-electron chi connectivity index (χ1n) is 8.67. The third kappa shape index (κ3) is 7.26. The summed E-state index contributed by atoms with van der Waals surface area (Å²) in [5, 5.41) is 1.01. The summed E-state index contributed by atoms with van der Waals surface area (Å²) >= 11 is 6.33. The Balaban J connectivity index is 3.25. The Kier molecular flexibility index (Phi) is 7.31. The molecule has 156 valence electrons. The molecule has 0 aromatic heterocycles. The molecule has 1 aromatic carbocycles. The minimum absolute atomic E-state index is 0.132. The molecule has 0 heterocycles. The van der Waals surface area contributed by atoms with E-state index in [2.05, 4.69) is 5.43 Å². The van der Waals surface area contributed by atoms with E-state index in [1.165, 1.54) is 24.0 Å². The van der Waals surface area contributed by atoms with Gasteiger partial charge < -0.3 is 14.4 Å². The number of hydrogen-bond acceptors (Lipinski definition) is 5. The van der Waals surface area contributed by atoms with Gasteiger partial charge >= 0.3 is 12.2 Å². The molecule has 0 unspecified atom stereocenters. The van der Waals surface area contributed by atoms with Gasteiger partial charge in [0.2, 0.25) is 5.91 Å². The van der Waals surface area contributed by atoms with Gasteiger partial charge in [0.05, 0.1) is 10.7 Å². The number of hydrogen-bond donors (Lipinski definition) is 1. The minimum atomic E-state index is -0.848. The first kappa shape index (κ1) is 23.6. The third-order valence-electron chi connectivity index (χ3n) is 3.21. The summed E-state index contributed by atoms with van der Waals surface area (Å²) in [6.07, 6.45) is -1.69. The fraction of sp³-hybridized carbons (Fsp3) is 0.526. The van der Waals surface area contributed by atoms with E-state index in [1.807, 2.05) is 0 Å². The van der Waals surface area contributed by atoms with Gasteiger partial charge in [0.1, 0.15) is 11.2 Å². The second kappa shape index (κ2) is 8.68. The van der Waals surface area contributed by atoms with Crippen molar-refractivity contribution in [2.24, 2.45) is 0 Å². The van der Waals surface area contributed by atoms with Crippen LogP contribution >= 0.6 is 11.6 Å². The molecule has 0 radical (unpaired) electrons. The van der Waals surface area contributed by atoms with Gasteiger partial charge in [-0.3, -0.25) is 4.79 Å². The molecule has 0 saturated carbocycles. The molecule has 0 bridgehead atoms. The van der Waals surface area contributed by atoms with Gasteiger partial charge in [-0.1, -0.05) is 11.6 Å². The number of carbonyl (C=O) groups is 3. The number of rotatable bonds is 2. The molecule has 3 amide bonds. The quantitative estimate of drug-likeness (QED) is 0.721. The molecule has 8 nitrogen and oxygen atoms in total. The van der Waals surface area contributed by atoms with Crippen LogP contribution in [0.2, 0.25) is 5.02 Å². The van der Waals surface area contributed by atoms with E-state index in [9.17, 15) is 14.4 Å². The summed E-state index contributed by atoms with van der Waals surface area (Å²) in [7, 11) is 1.60. The van der Waals surface area contributed by atoms with Crippen molar-refractivity contribution in [2.45, 2.75) is 59.7 Å². The van der Waals surface area contributed by atoms with Crippen molar-refractivity contribution in [1.29, 1.82) is 0 Å².